The Labute approximate surface area is 209 Å². The van der Waals surface area contributed by atoms with E-state index in [1.165, 1.54) is 6.07 Å². The molecule has 1 aliphatic heterocycles. The van der Waals surface area contributed by atoms with Crippen LogP contribution in [0.2, 0.25) is 0 Å². The molecular weight excluding hydrogens is 480 g/mol. The summed E-state index contributed by atoms with van der Waals surface area (Å²) < 4.78 is 36.2. The van der Waals surface area contributed by atoms with E-state index in [2.05, 4.69) is 37.1 Å². The van der Waals surface area contributed by atoms with Crippen molar-refractivity contribution < 1.29 is 17.9 Å². The lowest BCUT2D eigenvalue weighted by atomic mass is 10.2. The minimum absolute atomic E-state index is 0.0861. The van der Waals surface area contributed by atoms with Gasteiger partial charge in [-0.1, -0.05) is 12.1 Å². The van der Waals surface area contributed by atoms with Crippen LogP contribution >= 0.6 is 0 Å². The molecule has 2 aromatic carbocycles. The second kappa shape index (κ2) is 9.67. The molecule has 1 saturated heterocycles. The third kappa shape index (κ3) is 4.93. The summed E-state index contributed by atoms with van der Waals surface area (Å²) in [5, 5.41) is 3.85. The number of benzene rings is 2. The molecule has 5 rings (SSSR count). The van der Waals surface area contributed by atoms with Gasteiger partial charge in [0, 0.05) is 50.4 Å². The lowest BCUT2D eigenvalue weighted by molar-refractivity contribution is 0.312. The Balaban J connectivity index is 1.46. The molecule has 0 bridgehead atoms. The van der Waals surface area contributed by atoms with Crippen molar-refractivity contribution in [2.45, 2.75) is 4.90 Å². The molecule has 11 heteroatoms. The largest absolute Gasteiger partial charge is 0.494 e. The number of nitrogens with one attached hydrogen (secondary N) is 2. The Kier molecular flexibility index (Phi) is 6.42. The number of sulfone groups is 1. The van der Waals surface area contributed by atoms with Gasteiger partial charge in [0.15, 0.2) is 9.84 Å². The van der Waals surface area contributed by atoms with Crippen molar-refractivity contribution in [2.75, 3.05) is 56.8 Å². The third-order valence-electron chi connectivity index (χ3n) is 6.14. The van der Waals surface area contributed by atoms with Crippen LogP contribution in [0.5, 0.6) is 17.4 Å². The number of rotatable bonds is 7. The molecule has 3 heterocycles. The number of likely N-dealkylation sites (N-methyl/N-ethyl adjacent to an activating group) is 1. The Bertz CT molecular complexity index is 1500. The van der Waals surface area contributed by atoms with Gasteiger partial charge in [0.2, 0.25) is 11.8 Å². The summed E-state index contributed by atoms with van der Waals surface area (Å²) in [4.78, 5) is 16.9. The highest BCUT2D eigenvalue weighted by Gasteiger charge is 2.19. The third-order valence-corrected chi connectivity index (χ3v) is 7.27. The SMILES string of the molecule is COc1cc(N2CCN(C)CC2)ccc1Nc1nc(Oc2ccccc2S(C)(=O)=O)c2cc[nH]c2n1. The minimum atomic E-state index is -3.49. The molecule has 36 heavy (non-hydrogen) atoms. The number of fused-ring (bicyclic) bond motifs is 1. The van der Waals surface area contributed by atoms with Crippen molar-refractivity contribution in [1.82, 2.24) is 19.9 Å². The number of anilines is 3. The summed E-state index contributed by atoms with van der Waals surface area (Å²) in [7, 11) is 0.261. The molecule has 0 aliphatic carbocycles. The lowest BCUT2D eigenvalue weighted by Crippen LogP contribution is -2.44. The number of H-pyrrole nitrogens is 1. The monoisotopic (exact) mass is 508 g/mol. The Morgan fingerprint density at radius 1 is 1.00 bits per heavy atom. The standard InChI is InChI=1S/C25H28N6O4S/c1-30-12-14-31(15-13-30)17-8-9-19(21(16-17)34-2)27-25-28-23-18(10-11-26-23)24(29-25)35-20-6-4-5-7-22(20)36(3,32)33/h4-11,16H,12-15H2,1-3H3,(H2,26,27,28,29). The summed E-state index contributed by atoms with van der Waals surface area (Å²) in [6, 6.07) is 14.2. The maximum absolute atomic E-state index is 12.2. The average Bonchev–Trinajstić information content (AvgIpc) is 3.34. The topological polar surface area (TPSA) is 113 Å². The van der Waals surface area contributed by atoms with Crippen LogP contribution in [0.4, 0.5) is 17.3 Å². The van der Waals surface area contributed by atoms with Crippen molar-refractivity contribution in [3.05, 3.63) is 54.7 Å². The second-order valence-electron chi connectivity index (χ2n) is 8.71. The number of nitrogens with zero attached hydrogens (tertiary/aromatic N) is 4. The van der Waals surface area contributed by atoms with Crippen LogP contribution < -0.4 is 19.7 Å². The van der Waals surface area contributed by atoms with Crippen molar-refractivity contribution in [3.8, 4) is 17.4 Å². The quantitative estimate of drug-likeness (QED) is 0.386. The van der Waals surface area contributed by atoms with Gasteiger partial charge in [-0.05, 0) is 37.4 Å². The van der Waals surface area contributed by atoms with Gasteiger partial charge in [0.05, 0.1) is 18.2 Å². The number of piperazine rings is 1. The molecule has 1 fully saturated rings. The van der Waals surface area contributed by atoms with E-state index >= 15 is 0 Å². The molecule has 0 atom stereocenters. The van der Waals surface area contributed by atoms with Gasteiger partial charge in [-0.2, -0.15) is 9.97 Å². The van der Waals surface area contributed by atoms with E-state index in [1.54, 1.807) is 37.6 Å². The Hall–Kier alpha value is -3.83. The van der Waals surface area contributed by atoms with Crippen molar-refractivity contribution in [2.24, 2.45) is 0 Å². The molecule has 188 valence electrons. The van der Waals surface area contributed by atoms with E-state index in [-0.39, 0.29) is 22.5 Å². The molecule has 0 saturated carbocycles. The zero-order valence-corrected chi connectivity index (χ0v) is 21.2. The Morgan fingerprint density at radius 2 is 1.78 bits per heavy atom. The van der Waals surface area contributed by atoms with E-state index in [0.29, 0.717) is 22.5 Å². The first-order chi connectivity index (χ1) is 17.3. The molecule has 1 aliphatic rings. The van der Waals surface area contributed by atoms with Gasteiger partial charge < -0.3 is 29.6 Å². The van der Waals surface area contributed by atoms with Crippen LogP contribution in [0.25, 0.3) is 11.0 Å². The van der Waals surface area contributed by atoms with E-state index in [9.17, 15) is 8.42 Å². The molecule has 0 unspecified atom stereocenters. The van der Waals surface area contributed by atoms with E-state index < -0.39 is 9.84 Å². The molecule has 2 aromatic heterocycles. The summed E-state index contributed by atoms with van der Waals surface area (Å²) in [6.07, 6.45) is 2.87. The number of hydrogen-bond acceptors (Lipinski definition) is 9. The van der Waals surface area contributed by atoms with Gasteiger partial charge in [0.1, 0.15) is 22.0 Å². The Morgan fingerprint density at radius 3 is 2.53 bits per heavy atom. The number of methoxy groups -OCH3 is 1. The first-order valence-corrected chi connectivity index (χ1v) is 13.4. The van der Waals surface area contributed by atoms with E-state index in [0.717, 1.165) is 38.1 Å². The fourth-order valence-electron chi connectivity index (χ4n) is 4.16. The normalized spacial score (nSPS) is 14.7. The van der Waals surface area contributed by atoms with Crippen LogP contribution in [0.1, 0.15) is 0 Å². The highest BCUT2D eigenvalue weighted by Crippen LogP contribution is 2.35. The zero-order valence-electron chi connectivity index (χ0n) is 20.4. The second-order valence-corrected chi connectivity index (χ2v) is 10.7. The number of para-hydroxylation sites is 1. The minimum Gasteiger partial charge on any atom is -0.494 e. The van der Waals surface area contributed by atoms with E-state index in [4.69, 9.17) is 9.47 Å². The molecule has 0 radical (unpaired) electrons. The van der Waals surface area contributed by atoms with Gasteiger partial charge in [-0.15, -0.1) is 0 Å². The molecule has 2 N–H and O–H groups in total. The van der Waals surface area contributed by atoms with Gasteiger partial charge in [0.25, 0.3) is 0 Å². The number of aromatic nitrogens is 3. The van der Waals surface area contributed by atoms with Crippen LogP contribution in [0.3, 0.4) is 0 Å². The summed E-state index contributed by atoms with van der Waals surface area (Å²) in [5.74, 6) is 1.36. The van der Waals surface area contributed by atoms with Crippen LogP contribution in [-0.2, 0) is 9.84 Å². The predicted octanol–water partition coefficient (Wildman–Crippen LogP) is 3.66. The fourth-order valence-corrected chi connectivity index (χ4v) is 4.96. The van der Waals surface area contributed by atoms with Crippen molar-refractivity contribution >= 4 is 38.2 Å². The summed E-state index contributed by atoms with van der Waals surface area (Å²) in [6.45, 7) is 3.93. The molecular formula is C25H28N6O4S. The lowest BCUT2D eigenvalue weighted by Gasteiger charge is -2.34. The first kappa shape index (κ1) is 23.9. The van der Waals surface area contributed by atoms with Crippen LogP contribution in [-0.4, -0.2) is 74.9 Å². The summed E-state index contributed by atoms with van der Waals surface area (Å²) >= 11 is 0. The molecule has 4 aromatic rings. The smallest absolute Gasteiger partial charge is 0.233 e. The highest BCUT2D eigenvalue weighted by atomic mass is 32.2. The molecule has 0 amide bonds. The maximum Gasteiger partial charge on any atom is 0.233 e. The summed E-state index contributed by atoms with van der Waals surface area (Å²) in [5.41, 5.74) is 2.34. The number of ether oxygens (including phenoxy) is 2. The van der Waals surface area contributed by atoms with Gasteiger partial charge >= 0.3 is 0 Å². The van der Waals surface area contributed by atoms with E-state index in [1.807, 2.05) is 18.2 Å². The highest BCUT2D eigenvalue weighted by molar-refractivity contribution is 7.90. The van der Waals surface area contributed by atoms with Crippen molar-refractivity contribution in [1.29, 1.82) is 0 Å². The predicted molar refractivity (Wildman–Crippen MR) is 140 cm³/mol. The zero-order chi connectivity index (χ0) is 25.3. The molecule has 0 spiro atoms. The average molecular weight is 509 g/mol. The molecule has 10 nitrogen and oxygen atoms in total. The maximum atomic E-state index is 12.2. The van der Waals surface area contributed by atoms with Crippen molar-refractivity contribution in [3.63, 3.8) is 0 Å². The number of hydrogen-bond donors (Lipinski definition) is 2. The van der Waals surface area contributed by atoms with Crippen LogP contribution in [0.15, 0.2) is 59.6 Å². The first-order valence-electron chi connectivity index (χ1n) is 11.5. The van der Waals surface area contributed by atoms with Gasteiger partial charge in [-0.25, -0.2) is 8.42 Å². The number of aromatic amines is 1. The van der Waals surface area contributed by atoms with Crippen LogP contribution in [0, 0.1) is 0 Å². The fraction of sp³-hybridized carbons (Fsp3) is 0.280. The van der Waals surface area contributed by atoms with Gasteiger partial charge in [-0.3, -0.25) is 0 Å².